The molecular weight excluding hydrogens is 376 g/mol. The van der Waals surface area contributed by atoms with Crippen LogP contribution in [-0.4, -0.2) is 29.3 Å². The number of nitrogens with one attached hydrogen (secondary N) is 1. The number of hydrogen-bond donors (Lipinski definition) is 2. The number of nitrogens with zero attached hydrogens (tertiary/aromatic N) is 1. The summed E-state index contributed by atoms with van der Waals surface area (Å²) in [7, 11) is 0. The minimum Gasteiger partial charge on any atom is -0.449 e. The maximum atomic E-state index is 12.1. The van der Waals surface area contributed by atoms with Crippen molar-refractivity contribution in [3.63, 3.8) is 0 Å². The average molecular weight is 400 g/mol. The first kappa shape index (κ1) is 19.9. The quantitative estimate of drug-likeness (QED) is 0.572. The third-order valence-electron chi connectivity index (χ3n) is 5.24. The van der Waals surface area contributed by atoms with E-state index in [4.69, 9.17) is 9.84 Å². The van der Waals surface area contributed by atoms with Gasteiger partial charge in [0.25, 0.3) is 0 Å². The minimum atomic E-state index is -0.403. The lowest BCUT2D eigenvalue weighted by molar-refractivity contribution is 0.143. The molecule has 5 heteroatoms. The molecule has 1 aliphatic rings. The van der Waals surface area contributed by atoms with E-state index >= 15 is 0 Å². The highest BCUT2D eigenvalue weighted by Crippen LogP contribution is 2.44. The fourth-order valence-electron chi connectivity index (χ4n) is 3.75. The Labute approximate surface area is 176 Å². The second-order valence-electron chi connectivity index (χ2n) is 7.18. The van der Waals surface area contributed by atoms with Gasteiger partial charge in [0, 0.05) is 18.7 Å². The first-order chi connectivity index (χ1) is 14.8. The van der Waals surface area contributed by atoms with Gasteiger partial charge >= 0.3 is 6.09 Å². The van der Waals surface area contributed by atoms with Gasteiger partial charge in [-0.25, -0.2) is 4.79 Å². The first-order valence-electron chi connectivity index (χ1n) is 10.1. The number of pyridine rings is 1. The molecule has 1 aromatic heterocycles. The standard InChI is InChI=1S/C25H24N2O3/c28-16-19-13-12-18(15-27-19)7-5-6-14-26-25(29)30-17-24-22-10-3-1-8-20(22)21-9-2-4-11-23(21)24/h1-5,7-13,15,24,28H,6,14,16-17H2,(H,26,29). The Bertz CT molecular complexity index is 999. The van der Waals surface area contributed by atoms with Gasteiger partial charge in [0.05, 0.1) is 12.3 Å². The van der Waals surface area contributed by atoms with Crippen LogP contribution in [0.4, 0.5) is 4.79 Å². The molecule has 0 fully saturated rings. The molecule has 0 atom stereocenters. The summed E-state index contributed by atoms with van der Waals surface area (Å²) >= 11 is 0. The second kappa shape index (κ2) is 9.37. The maximum absolute atomic E-state index is 12.1. The van der Waals surface area contributed by atoms with Crippen LogP contribution in [0.5, 0.6) is 0 Å². The Balaban J connectivity index is 1.26. The van der Waals surface area contributed by atoms with Gasteiger partial charge in [-0.2, -0.15) is 0 Å². The summed E-state index contributed by atoms with van der Waals surface area (Å²) in [6, 6.07) is 20.3. The zero-order valence-electron chi connectivity index (χ0n) is 16.6. The Hall–Kier alpha value is -3.44. The highest BCUT2D eigenvalue weighted by molar-refractivity contribution is 5.79. The molecule has 152 valence electrons. The number of aliphatic hydroxyl groups excluding tert-OH is 1. The lowest BCUT2D eigenvalue weighted by Gasteiger charge is -2.14. The van der Waals surface area contributed by atoms with Crippen molar-refractivity contribution in [3.05, 3.63) is 95.3 Å². The first-order valence-corrected chi connectivity index (χ1v) is 10.1. The molecule has 0 bridgehead atoms. The van der Waals surface area contributed by atoms with E-state index in [2.05, 4.69) is 34.6 Å². The van der Waals surface area contributed by atoms with E-state index in [1.54, 1.807) is 12.3 Å². The van der Waals surface area contributed by atoms with Gasteiger partial charge in [0.2, 0.25) is 0 Å². The predicted molar refractivity (Wildman–Crippen MR) is 117 cm³/mol. The SMILES string of the molecule is O=C(NCCC=Cc1ccc(CO)nc1)OCC1c2ccccc2-c2ccccc21. The second-order valence-corrected chi connectivity index (χ2v) is 7.18. The number of ether oxygens (including phenoxy) is 1. The Morgan fingerprint density at radius 3 is 2.37 bits per heavy atom. The molecule has 3 aromatic rings. The number of amides is 1. The van der Waals surface area contributed by atoms with Crippen molar-refractivity contribution in [2.45, 2.75) is 18.9 Å². The molecule has 2 N–H and O–H groups in total. The van der Waals surface area contributed by atoms with E-state index in [1.165, 1.54) is 22.3 Å². The Morgan fingerprint density at radius 1 is 1.03 bits per heavy atom. The lowest BCUT2D eigenvalue weighted by atomic mass is 9.98. The van der Waals surface area contributed by atoms with Crippen molar-refractivity contribution in [1.82, 2.24) is 10.3 Å². The summed E-state index contributed by atoms with van der Waals surface area (Å²) in [6.07, 6.45) is 5.90. The topological polar surface area (TPSA) is 71.5 Å². The number of aromatic nitrogens is 1. The average Bonchev–Trinajstić information content (AvgIpc) is 3.12. The van der Waals surface area contributed by atoms with Gasteiger partial charge in [-0.05, 0) is 40.3 Å². The van der Waals surface area contributed by atoms with Crippen molar-refractivity contribution in [2.24, 2.45) is 0 Å². The van der Waals surface area contributed by atoms with Crippen LogP contribution in [0.25, 0.3) is 17.2 Å². The largest absolute Gasteiger partial charge is 0.449 e. The summed E-state index contributed by atoms with van der Waals surface area (Å²) in [6.45, 7) is 0.752. The van der Waals surface area contributed by atoms with Gasteiger partial charge in [0.1, 0.15) is 6.61 Å². The monoisotopic (exact) mass is 400 g/mol. The number of rotatable bonds is 7. The molecule has 0 unspecified atom stereocenters. The highest BCUT2D eigenvalue weighted by atomic mass is 16.5. The maximum Gasteiger partial charge on any atom is 0.407 e. The number of carbonyl (C=O) groups is 1. The fourth-order valence-corrected chi connectivity index (χ4v) is 3.75. The van der Waals surface area contributed by atoms with Crippen LogP contribution in [0, 0.1) is 0 Å². The van der Waals surface area contributed by atoms with Crippen LogP contribution in [0.2, 0.25) is 0 Å². The van der Waals surface area contributed by atoms with Crippen molar-refractivity contribution in [3.8, 4) is 11.1 Å². The van der Waals surface area contributed by atoms with Crippen LogP contribution in [-0.2, 0) is 11.3 Å². The van der Waals surface area contributed by atoms with E-state index in [0.717, 1.165) is 5.56 Å². The molecule has 0 radical (unpaired) electrons. The molecule has 30 heavy (non-hydrogen) atoms. The van der Waals surface area contributed by atoms with Crippen LogP contribution < -0.4 is 5.32 Å². The number of benzene rings is 2. The zero-order chi connectivity index (χ0) is 20.8. The zero-order valence-corrected chi connectivity index (χ0v) is 16.6. The summed E-state index contributed by atoms with van der Waals surface area (Å²) in [5, 5.41) is 11.8. The van der Waals surface area contributed by atoms with E-state index in [-0.39, 0.29) is 12.5 Å². The number of carbonyl (C=O) groups excluding carboxylic acids is 1. The molecule has 0 saturated heterocycles. The van der Waals surface area contributed by atoms with Crippen molar-refractivity contribution in [1.29, 1.82) is 0 Å². The highest BCUT2D eigenvalue weighted by Gasteiger charge is 2.28. The van der Waals surface area contributed by atoms with E-state index in [9.17, 15) is 4.79 Å². The van der Waals surface area contributed by atoms with Crippen LogP contribution in [0.1, 0.15) is 34.7 Å². The number of alkyl carbamates (subject to hydrolysis) is 1. The van der Waals surface area contributed by atoms with Gasteiger partial charge in [-0.3, -0.25) is 4.98 Å². The smallest absolute Gasteiger partial charge is 0.407 e. The lowest BCUT2D eigenvalue weighted by Crippen LogP contribution is -2.26. The Kier molecular flexibility index (Phi) is 6.20. The molecule has 0 saturated carbocycles. The third-order valence-corrected chi connectivity index (χ3v) is 5.24. The summed E-state index contributed by atoms with van der Waals surface area (Å²) in [4.78, 5) is 16.3. The normalized spacial score (nSPS) is 12.6. The molecule has 1 amide bonds. The van der Waals surface area contributed by atoms with Crippen LogP contribution >= 0.6 is 0 Å². The van der Waals surface area contributed by atoms with Crippen LogP contribution in [0.15, 0.2) is 72.9 Å². The minimum absolute atomic E-state index is 0.0615. The summed E-state index contributed by atoms with van der Waals surface area (Å²) in [5.74, 6) is 0.0671. The predicted octanol–water partition coefficient (Wildman–Crippen LogP) is 4.52. The fraction of sp³-hybridized carbons (Fsp3) is 0.200. The van der Waals surface area contributed by atoms with E-state index in [1.807, 2.05) is 42.5 Å². The number of aliphatic hydroxyl groups is 1. The molecule has 1 heterocycles. The molecular formula is C25H24N2O3. The Morgan fingerprint density at radius 2 is 1.73 bits per heavy atom. The van der Waals surface area contributed by atoms with Gasteiger partial charge in [-0.15, -0.1) is 0 Å². The number of hydrogen-bond acceptors (Lipinski definition) is 4. The van der Waals surface area contributed by atoms with Gasteiger partial charge in [0.15, 0.2) is 0 Å². The van der Waals surface area contributed by atoms with E-state index in [0.29, 0.717) is 25.3 Å². The molecule has 5 nitrogen and oxygen atoms in total. The molecule has 1 aliphatic carbocycles. The van der Waals surface area contributed by atoms with Gasteiger partial charge in [-0.1, -0.05) is 66.7 Å². The summed E-state index contributed by atoms with van der Waals surface area (Å²) in [5.41, 5.74) is 6.44. The van der Waals surface area contributed by atoms with Crippen LogP contribution in [0.3, 0.4) is 0 Å². The van der Waals surface area contributed by atoms with Crippen molar-refractivity contribution < 1.29 is 14.6 Å². The summed E-state index contributed by atoms with van der Waals surface area (Å²) < 4.78 is 5.52. The molecule has 4 rings (SSSR count). The van der Waals surface area contributed by atoms with E-state index < -0.39 is 6.09 Å². The van der Waals surface area contributed by atoms with Crippen molar-refractivity contribution >= 4 is 12.2 Å². The van der Waals surface area contributed by atoms with Gasteiger partial charge < -0.3 is 15.2 Å². The number of fused-ring (bicyclic) bond motifs is 3. The molecule has 0 aliphatic heterocycles. The molecule has 0 spiro atoms. The van der Waals surface area contributed by atoms with Crippen molar-refractivity contribution in [2.75, 3.05) is 13.2 Å². The third kappa shape index (κ3) is 4.42. The molecule has 2 aromatic carbocycles.